The molecule has 0 fully saturated rings. The molecule has 0 aliphatic heterocycles. The number of hydrogen-bond donors (Lipinski definition) is 2. The topological polar surface area (TPSA) is 79.3 Å². The fourth-order valence-corrected chi connectivity index (χ4v) is 2.65. The van der Waals surface area contributed by atoms with Crippen LogP contribution in [0.15, 0.2) is 35.7 Å². The van der Waals surface area contributed by atoms with Crippen LogP contribution < -0.4 is 5.32 Å². The molecule has 2 atom stereocenters. The highest BCUT2D eigenvalue weighted by Gasteiger charge is 2.37. The van der Waals surface area contributed by atoms with Gasteiger partial charge < -0.3 is 10.4 Å². The fraction of sp³-hybridized carbons (Fsp3) is 0.438. The molecule has 0 unspecified atom stereocenters. The fourth-order valence-electron chi connectivity index (χ4n) is 2.65. The van der Waals surface area contributed by atoms with Gasteiger partial charge in [0, 0.05) is 18.9 Å². The van der Waals surface area contributed by atoms with Gasteiger partial charge in [-0.3, -0.25) is 14.6 Å². The molecule has 0 bridgehead atoms. The molecular formula is C16H20N2O3. The van der Waals surface area contributed by atoms with Gasteiger partial charge >= 0.3 is 5.97 Å². The molecule has 0 radical (unpaired) electrons. The van der Waals surface area contributed by atoms with Crippen molar-refractivity contribution in [3.8, 4) is 0 Å². The minimum Gasteiger partial charge on any atom is -0.481 e. The average Bonchev–Trinajstić information content (AvgIpc) is 2.48. The van der Waals surface area contributed by atoms with Gasteiger partial charge in [-0.05, 0) is 38.3 Å². The number of nitrogens with zero attached hydrogens (tertiary/aromatic N) is 1. The molecule has 1 amide bonds. The van der Waals surface area contributed by atoms with Crippen LogP contribution in [-0.2, 0) is 16.1 Å². The molecule has 0 saturated heterocycles. The van der Waals surface area contributed by atoms with Crippen LogP contribution in [-0.4, -0.2) is 22.0 Å². The number of nitrogens with one attached hydrogen (secondary N) is 1. The van der Waals surface area contributed by atoms with Crippen molar-refractivity contribution >= 4 is 11.9 Å². The third kappa shape index (κ3) is 3.68. The highest BCUT2D eigenvalue weighted by atomic mass is 16.4. The smallest absolute Gasteiger partial charge is 0.307 e. The predicted octanol–water partition coefficient (Wildman–Crippen LogP) is 2.15. The van der Waals surface area contributed by atoms with Crippen molar-refractivity contribution in [1.82, 2.24) is 10.3 Å². The van der Waals surface area contributed by atoms with E-state index in [0.717, 1.165) is 16.7 Å². The van der Waals surface area contributed by atoms with Crippen LogP contribution in [0.2, 0.25) is 0 Å². The molecule has 1 heterocycles. The monoisotopic (exact) mass is 288 g/mol. The first-order valence-electron chi connectivity index (χ1n) is 7.03. The van der Waals surface area contributed by atoms with Crippen molar-refractivity contribution in [3.63, 3.8) is 0 Å². The lowest BCUT2D eigenvalue weighted by atomic mass is 9.76. The SMILES string of the molecule is CC1=C(C)C[C@@H](C(=O)O)[C@@H](C(=O)NCc2cccnc2)C1. The molecule has 2 rings (SSSR count). The van der Waals surface area contributed by atoms with Gasteiger partial charge in [-0.2, -0.15) is 0 Å². The van der Waals surface area contributed by atoms with E-state index in [0.29, 0.717) is 19.4 Å². The molecule has 5 heteroatoms. The number of amides is 1. The van der Waals surface area contributed by atoms with Gasteiger partial charge in [-0.1, -0.05) is 17.2 Å². The van der Waals surface area contributed by atoms with Crippen LogP contribution in [0.4, 0.5) is 0 Å². The highest BCUT2D eigenvalue weighted by Crippen LogP contribution is 2.34. The summed E-state index contributed by atoms with van der Waals surface area (Å²) in [7, 11) is 0. The Morgan fingerprint density at radius 3 is 2.52 bits per heavy atom. The third-order valence-corrected chi connectivity index (χ3v) is 4.11. The summed E-state index contributed by atoms with van der Waals surface area (Å²) in [6, 6.07) is 3.68. The molecule has 21 heavy (non-hydrogen) atoms. The molecule has 1 aliphatic carbocycles. The number of pyridine rings is 1. The Bertz CT molecular complexity index is 566. The second-order valence-electron chi connectivity index (χ2n) is 5.60. The van der Waals surface area contributed by atoms with Gasteiger partial charge in [0.2, 0.25) is 5.91 Å². The van der Waals surface area contributed by atoms with Crippen molar-refractivity contribution in [2.75, 3.05) is 0 Å². The average molecular weight is 288 g/mol. The summed E-state index contributed by atoms with van der Waals surface area (Å²) < 4.78 is 0. The van der Waals surface area contributed by atoms with Crippen LogP contribution >= 0.6 is 0 Å². The number of allylic oxidation sites excluding steroid dienone is 2. The zero-order valence-corrected chi connectivity index (χ0v) is 12.3. The van der Waals surface area contributed by atoms with Crippen LogP contribution in [0.25, 0.3) is 0 Å². The lowest BCUT2D eigenvalue weighted by Crippen LogP contribution is -2.39. The molecule has 0 saturated carbocycles. The lowest BCUT2D eigenvalue weighted by Gasteiger charge is -2.29. The van der Waals surface area contributed by atoms with Gasteiger partial charge in [0.15, 0.2) is 0 Å². The minimum absolute atomic E-state index is 0.196. The van der Waals surface area contributed by atoms with Gasteiger partial charge in [0.05, 0.1) is 11.8 Å². The molecule has 1 aliphatic rings. The summed E-state index contributed by atoms with van der Waals surface area (Å²) in [5, 5.41) is 12.2. The van der Waals surface area contributed by atoms with Gasteiger partial charge in [-0.15, -0.1) is 0 Å². The van der Waals surface area contributed by atoms with Gasteiger partial charge in [0.1, 0.15) is 0 Å². The summed E-state index contributed by atoms with van der Waals surface area (Å²) in [6.45, 7) is 4.28. The Morgan fingerprint density at radius 2 is 1.95 bits per heavy atom. The maximum Gasteiger partial charge on any atom is 0.307 e. The van der Waals surface area contributed by atoms with Crippen molar-refractivity contribution in [2.24, 2.45) is 11.8 Å². The van der Waals surface area contributed by atoms with Crippen LogP contribution in [0.3, 0.4) is 0 Å². The number of carboxylic acid groups (broad SMARTS) is 1. The summed E-state index contributed by atoms with van der Waals surface area (Å²) in [6.07, 6.45) is 4.32. The number of rotatable bonds is 4. The van der Waals surface area contributed by atoms with Crippen molar-refractivity contribution in [3.05, 3.63) is 41.2 Å². The minimum atomic E-state index is -0.900. The maximum atomic E-state index is 12.3. The van der Waals surface area contributed by atoms with Crippen LogP contribution in [0.1, 0.15) is 32.3 Å². The molecule has 1 aromatic heterocycles. The highest BCUT2D eigenvalue weighted by molar-refractivity contribution is 5.85. The zero-order chi connectivity index (χ0) is 15.4. The number of carboxylic acids is 1. The molecule has 0 aromatic carbocycles. The second-order valence-corrected chi connectivity index (χ2v) is 5.60. The van der Waals surface area contributed by atoms with E-state index in [-0.39, 0.29) is 5.91 Å². The quantitative estimate of drug-likeness (QED) is 0.832. The molecule has 2 N–H and O–H groups in total. The van der Waals surface area contributed by atoms with Crippen LogP contribution in [0.5, 0.6) is 0 Å². The standard InChI is InChI=1S/C16H20N2O3/c1-10-6-13(14(16(20)21)7-11(10)2)15(19)18-9-12-4-3-5-17-8-12/h3-5,8,13-14H,6-7,9H2,1-2H3,(H,18,19)(H,20,21)/t13-,14+/m0/s1. The number of aliphatic carboxylic acids is 1. The van der Waals surface area contributed by atoms with E-state index in [9.17, 15) is 14.7 Å². The number of carbonyl (C=O) groups excluding carboxylic acids is 1. The Kier molecular flexibility index (Phi) is 4.73. The van der Waals surface area contributed by atoms with Crippen molar-refractivity contribution < 1.29 is 14.7 Å². The normalized spacial score (nSPS) is 22.0. The Balaban J connectivity index is 2.04. The van der Waals surface area contributed by atoms with Crippen molar-refractivity contribution in [1.29, 1.82) is 0 Å². The maximum absolute atomic E-state index is 12.3. The van der Waals surface area contributed by atoms with Crippen molar-refractivity contribution in [2.45, 2.75) is 33.2 Å². The van der Waals surface area contributed by atoms with E-state index >= 15 is 0 Å². The van der Waals surface area contributed by atoms with Gasteiger partial charge in [-0.25, -0.2) is 0 Å². The molecule has 5 nitrogen and oxygen atoms in total. The van der Waals surface area contributed by atoms with E-state index in [2.05, 4.69) is 10.3 Å². The summed E-state index contributed by atoms with van der Waals surface area (Å²) >= 11 is 0. The molecular weight excluding hydrogens is 268 g/mol. The number of carbonyl (C=O) groups is 2. The number of aromatic nitrogens is 1. The van der Waals surface area contributed by atoms with E-state index < -0.39 is 17.8 Å². The number of hydrogen-bond acceptors (Lipinski definition) is 3. The van der Waals surface area contributed by atoms with E-state index in [4.69, 9.17) is 0 Å². The third-order valence-electron chi connectivity index (χ3n) is 4.11. The van der Waals surface area contributed by atoms with E-state index in [1.54, 1.807) is 18.5 Å². The first-order chi connectivity index (χ1) is 9.99. The Hall–Kier alpha value is -2.17. The van der Waals surface area contributed by atoms with Crippen LogP contribution in [0, 0.1) is 11.8 Å². The Labute approximate surface area is 124 Å². The first kappa shape index (κ1) is 15.2. The Morgan fingerprint density at radius 1 is 1.29 bits per heavy atom. The first-order valence-corrected chi connectivity index (χ1v) is 7.03. The predicted molar refractivity (Wildman–Crippen MR) is 78.3 cm³/mol. The zero-order valence-electron chi connectivity index (χ0n) is 12.3. The molecule has 112 valence electrons. The molecule has 1 aromatic rings. The second kappa shape index (κ2) is 6.52. The summed E-state index contributed by atoms with van der Waals surface area (Å²) in [4.78, 5) is 27.7. The largest absolute Gasteiger partial charge is 0.481 e. The van der Waals surface area contributed by atoms with E-state index in [1.807, 2.05) is 19.9 Å². The lowest BCUT2D eigenvalue weighted by molar-refractivity contribution is -0.147. The summed E-state index contributed by atoms with van der Waals surface area (Å²) in [5.74, 6) is -2.23. The van der Waals surface area contributed by atoms with Gasteiger partial charge in [0.25, 0.3) is 0 Å². The summed E-state index contributed by atoms with van der Waals surface area (Å²) in [5.41, 5.74) is 3.10. The van der Waals surface area contributed by atoms with E-state index in [1.165, 1.54) is 0 Å². The molecule has 0 spiro atoms.